The summed E-state index contributed by atoms with van der Waals surface area (Å²) in [6.07, 6.45) is 4.29. The van der Waals surface area contributed by atoms with Crippen LogP contribution in [0.3, 0.4) is 0 Å². The maximum absolute atomic E-state index is 13.2. The van der Waals surface area contributed by atoms with Gasteiger partial charge in [0.2, 0.25) is 5.92 Å². The smallest absolute Gasteiger partial charge is 0.248 e. The third-order valence-corrected chi connectivity index (χ3v) is 3.82. The summed E-state index contributed by atoms with van der Waals surface area (Å²) in [5.41, 5.74) is 7.59. The fourth-order valence-corrected chi connectivity index (χ4v) is 2.55. The molecule has 0 bridgehead atoms. The Balaban J connectivity index is 2.27. The van der Waals surface area contributed by atoms with E-state index in [9.17, 15) is 8.78 Å². The summed E-state index contributed by atoms with van der Waals surface area (Å²) < 4.78 is 26.4. The zero-order valence-corrected chi connectivity index (χ0v) is 10.0. The molecule has 0 aromatic carbocycles. The van der Waals surface area contributed by atoms with Crippen LogP contribution in [0.1, 0.15) is 36.8 Å². The van der Waals surface area contributed by atoms with Crippen molar-refractivity contribution in [1.29, 1.82) is 0 Å². The van der Waals surface area contributed by atoms with Gasteiger partial charge in [0.1, 0.15) is 0 Å². The van der Waals surface area contributed by atoms with Crippen LogP contribution in [0, 0.1) is 6.92 Å². The molecule has 1 aromatic rings. The van der Waals surface area contributed by atoms with Crippen LogP contribution in [-0.2, 0) is 5.41 Å². The lowest BCUT2D eigenvalue weighted by molar-refractivity contribution is -0.0509. The summed E-state index contributed by atoms with van der Waals surface area (Å²) in [7, 11) is 0. The molecule has 0 spiro atoms. The first-order valence-electron chi connectivity index (χ1n) is 5.98. The van der Waals surface area contributed by atoms with Gasteiger partial charge in [-0.3, -0.25) is 4.98 Å². The van der Waals surface area contributed by atoms with Crippen molar-refractivity contribution in [2.24, 2.45) is 5.73 Å². The number of hydrogen-bond acceptors (Lipinski definition) is 2. The number of hydrogen-bond donors (Lipinski definition) is 1. The van der Waals surface area contributed by atoms with Crippen molar-refractivity contribution in [2.45, 2.75) is 43.9 Å². The van der Waals surface area contributed by atoms with Crippen LogP contribution >= 0.6 is 0 Å². The van der Waals surface area contributed by atoms with Gasteiger partial charge in [0.25, 0.3) is 0 Å². The third-order valence-electron chi connectivity index (χ3n) is 3.82. The van der Waals surface area contributed by atoms with E-state index in [1.165, 1.54) is 0 Å². The Hall–Kier alpha value is -1.03. The van der Waals surface area contributed by atoms with Gasteiger partial charge < -0.3 is 5.73 Å². The lowest BCUT2D eigenvalue weighted by Gasteiger charge is -2.39. The number of nitrogens with zero attached hydrogens (tertiary/aromatic N) is 1. The van der Waals surface area contributed by atoms with Gasteiger partial charge in [-0.15, -0.1) is 0 Å². The average Bonchev–Trinajstić information content (AvgIpc) is 2.30. The lowest BCUT2D eigenvalue weighted by Crippen LogP contribution is -2.42. The molecule has 4 heteroatoms. The standard InChI is InChI=1S/C13H18F2N2/c1-10-6-11(8-17-7-10)12(9-16)2-4-13(14,15)5-3-12/h6-8H,2-5,9,16H2,1H3. The normalized spacial score (nSPS) is 22.4. The molecule has 0 saturated heterocycles. The molecule has 2 N–H and O–H groups in total. The van der Waals surface area contributed by atoms with Crippen molar-refractivity contribution in [3.63, 3.8) is 0 Å². The Morgan fingerprint density at radius 2 is 1.88 bits per heavy atom. The number of alkyl halides is 2. The zero-order chi connectivity index (χ0) is 12.5. The zero-order valence-electron chi connectivity index (χ0n) is 10.0. The molecule has 1 saturated carbocycles. The highest BCUT2D eigenvalue weighted by molar-refractivity contribution is 5.27. The van der Waals surface area contributed by atoms with E-state index in [0.29, 0.717) is 19.4 Å². The fourth-order valence-electron chi connectivity index (χ4n) is 2.55. The molecule has 0 unspecified atom stereocenters. The van der Waals surface area contributed by atoms with E-state index >= 15 is 0 Å². The first kappa shape index (κ1) is 12.4. The molecule has 0 aliphatic heterocycles. The van der Waals surface area contributed by atoms with E-state index in [4.69, 9.17) is 5.73 Å². The number of rotatable bonds is 2. The molecular weight excluding hydrogens is 222 g/mol. The highest BCUT2D eigenvalue weighted by Gasteiger charge is 2.43. The van der Waals surface area contributed by atoms with E-state index in [2.05, 4.69) is 4.98 Å². The molecule has 0 atom stereocenters. The van der Waals surface area contributed by atoms with Crippen molar-refractivity contribution in [3.8, 4) is 0 Å². The molecule has 1 fully saturated rings. The first-order valence-corrected chi connectivity index (χ1v) is 5.98. The molecule has 2 nitrogen and oxygen atoms in total. The molecular formula is C13H18F2N2. The predicted molar refractivity (Wildman–Crippen MR) is 63.1 cm³/mol. The molecule has 0 amide bonds. The van der Waals surface area contributed by atoms with Crippen molar-refractivity contribution in [1.82, 2.24) is 4.98 Å². The SMILES string of the molecule is Cc1cncc(C2(CN)CCC(F)(F)CC2)c1. The van der Waals surface area contributed by atoms with Gasteiger partial charge in [0.05, 0.1) is 0 Å². The van der Waals surface area contributed by atoms with Crippen LogP contribution in [-0.4, -0.2) is 17.5 Å². The van der Waals surface area contributed by atoms with Crippen LogP contribution in [0.25, 0.3) is 0 Å². The summed E-state index contributed by atoms with van der Waals surface area (Å²) in [4.78, 5) is 4.15. The van der Waals surface area contributed by atoms with E-state index in [0.717, 1.165) is 11.1 Å². The average molecular weight is 240 g/mol. The minimum absolute atomic E-state index is 0.0713. The van der Waals surface area contributed by atoms with Gasteiger partial charge in [-0.1, -0.05) is 6.07 Å². The largest absolute Gasteiger partial charge is 0.330 e. The van der Waals surface area contributed by atoms with Crippen molar-refractivity contribution < 1.29 is 8.78 Å². The second-order valence-corrected chi connectivity index (χ2v) is 5.09. The third kappa shape index (κ3) is 2.46. The number of aromatic nitrogens is 1. The Morgan fingerprint density at radius 3 is 2.41 bits per heavy atom. The van der Waals surface area contributed by atoms with Crippen LogP contribution in [0.4, 0.5) is 8.78 Å². The topological polar surface area (TPSA) is 38.9 Å². The Morgan fingerprint density at radius 1 is 1.24 bits per heavy atom. The summed E-state index contributed by atoms with van der Waals surface area (Å²) in [5.74, 6) is -2.52. The molecule has 1 aliphatic rings. The summed E-state index contributed by atoms with van der Waals surface area (Å²) in [5, 5.41) is 0. The van der Waals surface area contributed by atoms with Gasteiger partial charge in [-0.25, -0.2) is 8.78 Å². The molecule has 0 radical (unpaired) electrons. The number of nitrogens with two attached hydrogens (primary N) is 1. The van der Waals surface area contributed by atoms with E-state index in [1.54, 1.807) is 12.4 Å². The maximum Gasteiger partial charge on any atom is 0.248 e. The minimum atomic E-state index is -2.52. The van der Waals surface area contributed by atoms with Crippen LogP contribution in [0.2, 0.25) is 0 Å². The fraction of sp³-hybridized carbons (Fsp3) is 0.615. The highest BCUT2D eigenvalue weighted by Crippen LogP contribution is 2.44. The van der Waals surface area contributed by atoms with E-state index < -0.39 is 5.92 Å². The van der Waals surface area contributed by atoms with E-state index in [1.807, 2.05) is 13.0 Å². The number of aryl methyl sites for hydroxylation is 1. The number of halogens is 2. The van der Waals surface area contributed by atoms with Gasteiger partial charge in [0, 0.05) is 37.2 Å². The van der Waals surface area contributed by atoms with Gasteiger partial charge in [-0.05, 0) is 30.9 Å². The lowest BCUT2D eigenvalue weighted by atomic mass is 9.69. The maximum atomic E-state index is 13.2. The highest BCUT2D eigenvalue weighted by atomic mass is 19.3. The molecule has 1 aromatic heterocycles. The molecule has 17 heavy (non-hydrogen) atoms. The quantitative estimate of drug-likeness (QED) is 0.863. The van der Waals surface area contributed by atoms with Crippen LogP contribution in [0.5, 0.6) is 0 Å². The van der Waals surface area contributed by atoms with Gasteiger partial charge in [0.15, 0.2) is 0 Å². The van der Waals surface area contributed by atoms with Crippen LogP contribution < -0.4 is 5.73 Å². The number of pyridine rings is 1. The Bertz CT molecular complexity index is 394. The predicted octanol–water partition coefficient (Wildman–Crippen LogP) is 2.80. The van der Waals surface area contributed by atoms with Crippen molar-refractivity contribution in [3.05, 3.63) is 29.6 Å². The Kier molecular flexibility index (Phi) is 3.17. The van der Waals surface area contributed by atoms with Crippen LogP contribution in [0.15, 0.2) is 18.5 Å². The van der Waals surface area contributed by atoms with Gasteiger partial charge >= 0.3 is 0 Å². The Labute approximate surface area is 100 Å². The van der Waals surface area contributed by atoms with Crippen molar-refractivity contribution >= 4 is 0 Å². The minimum Gasteiger partial charge on any atom is -0.330 e. The van der Waals surface area contributed by atoms with Gasteiger partial charge in [-0.2, -0.15) is 0 Å². The molecule has 2 rings (SSSR count). The molecule has 1 heterocycles. The second kappa shape index (κ2) is 4.33. The second-order valence-electron chi connectivity index (χ2n) is 5.09. The molecule has 94 valence electrons. The van der Waals surface area contributed by atoms with Crippen molar-refractivity contribution in [2.75, 3.05) is 6.54 Å². The monoisotopic (exact) mass is 240 g/mol. The summed E-state index contributed by atoms with van der Waals surface area (Å²) >= 11 is 0. The summed E-state index contributed by atoms with van der Waals surface area (Å²) in [6, 6.07) is 2.02. The summed E-state index contributed by atoms with van der Waals surface area (Å²) in [6.45, 7) is 2.37. The van der Waals surface area contributed by atoms with E-state index in [-0.39, 0.29) is 18.3 Å². The molecule has 1 aliphatic carbocycles. The first-order chi connectivity index (χ1) is 7.97.